The fraction of sp³-hybridized carbons (Fsp3) is 0.0625. The number of nitrogens with one attached hydrogen (secondary N) is 1. The average Bonchev–Trinajstić information content (AvgIpc) is 3.03. The lowest BCUT2D eigenvalue weighted by molar-refractivity contribution is 0.102. The Hall–Kier alpha value is -2.80. The Bertz CT molecular complexity index is 851. The van der Waals surface area contributed by atoms with E-state index in [2.05, 4.69) is 15.3 Å². The topological polar surface area (TPSA) is 64.1 Å². The number of methoxy groups -OCH3 is 1. The summed E-state index contributed by atoms with van der Waals surface area (Å²) in [5.74, 6) is -0.455. The molecule has 23 heavy (non-hydrogen) atoms. The second-order valence-corrected chi connectivity index (χ2v) is 5.42. The molecule has 2 aromatic heterocycles. The van der Waals surface area contributed by atoms with Gasteiger partial charge in [0.1, 0.15) is 11.4 Å². The number of aromatic nitrogens is 2. The molecule has 0 spiro atoms. The molecule has 1 amide bonds. The molecular formula is C16H12FN3O2S. The molecule has 0 saturated carbocycles. The van der Waals surface area contributed by atoms with Crippen LogP contribution in [0.4, 0.5) is 9.52 Å². The molecular weight excluding hydrogens is 317 g/mol. The van der Waals surface area contributed by atoms with Crippen LogP contribution in [-0.4, -0.2) is 23.0 Å². The van der Waals surface area contributed by atoms with E-state index in [1.807, 2.05) is 0 Å². The SMILES string of the molecule is COc1ncccc1C(=O)Nc1nc(-c2cccc(F)c2)cs1. The second-order valence-electron chi connectivity index (χ2n) is 4.56. The largest absolute Gasteiger partial charge is 0.480 e. The number of hydrogen-bond acceptors (Lipinski definition) is 5. The number of rotatable bonds is 4. The molecule has 2 heterocycles. The van der Waals surface area contributed by atoms with Gasteiger partial charge in [0.15, 0.2) is 5.13 Å². The highest BCUT2D eigenvalue weighted by Crippen LogP contribution is 2.26. The van der Waals surface area contributed by atoms with Gasteiger partial charge in [0.05, 0.1) is 12.8 Å². The third kappa shape index (κ3) is 3.35. The Morgan fingerprint density at radius 2 is 2.17 bits per heavy atom. The van der Waals surface area contributed by atoms with Crippen molar-refractivity contribution >= 4 is 22.4 Å². The van der Waals surface area contributed by atoms with Gasteiger partial charge in [0.25, 0.3) is 5.91 Å². The van der Waals surface area contributed by atoms with Gasteiger partial charge in [-0.05, 0) is 24.3 Å². The molecule has 0 aliphatic rings. The highest BCUT2D eigenvalue weighted by Gasteiger charge is 2.15. The van der Waals surface area contributed by atoms with Crippen LogP contribution in [0.15, 0.2) is 48.0 Å². The predicted molar refractivity (Wildman–Crippen MR) is 86.3 cm³/mol. The molecule has 116 valence electrons. The van der Waals surface area contributed by atoms with Crippen LogP contribution in [0.2, 0.25) is 0 Å². The van der Waals surface area contributed by atoms with Crippen LogP contribution in [0.25, 0.3) is 11.3 Å². The molecule has 0 radical (unpaired) electrons. The van der Waals surface area contributed by atoms with Gasteiger partial charge in [0, 0.05) is 17.1 Å². The maximum absolute atomic E-state index is 13.3. The summed E-state index contributed by atoms with van der Waals surface area (Å²) in [6.45, 7) is 0. The Kier molecular flexibility index (Phi) is 4.29. The zero-order valence-corrected chi connectivity index (χ0v) is 12.9. The second kappa shape index (κ2) is 6.53. The molecule has 7 heteroatoms. The van der Waals surface area contributed by atoms with Gasteiger partial charge in [-0.2, -0.15) is 0 Å². The summed E-state index contributed by atoms with van der Waals surface area (Å²) in [7, 11) is 1.45. The van der Waals surface area contributed by atoms with Crippen LogP contribution < -0.4 is 10.1 Å². The summed E-state index contributed by atoms with van der Waals surface area (Å²) in [6, 6.07) is 9.40. The zero-order valence-electron chi connectivity index (χ0n) is 12.1. The molecule has 0 unspecified atom stereocenters. The Morgan fingerprint density at radius 3 is 2.96 bits per heavy atom. The molecule has 5 nitrogen and oxygen atoms in total. The van der Waals surface area contributed by atoms with Gasteiger partial charge < -0.3 is 4.74 Å². The number of pyridine rings is 1. The van der Waals surface area contributed by atoms with E-state index < -0.39 is 0 Å². The number of carbonyl (C=O) groups excluding carboxylic acids is 1. The quantitative estimate of drug-likeness (QED) is 0.794. The summed E-state index contributed by atoms with van der Waals surface area (Å²) in [6.07, 6.45) is 1.54. The molecule has 3 aromatic rings. The maximum Gasteiger partial charge on any atom is 0.262 e. The van der Waals surface area contributed by atoms with Crippen molar-refractivity contribution < 1.29 is 13.9 Å². The summed E-state index contributed by atoms with van der Waals surface area (Å²) >= 11 is 1.26. The average molecular weight is 329 g/mol. The Morgan fingerprint density at radius 1 is 1.30 bits per heavy atom. The zero-order chi connectivity index (χ0) is 16.2. The van der Waals surface area contributed by atoms with E-state index in [-0.39, 0.29) is 17.6 Å². The summed E-state index contributed by atoms with van der Waals surface area (Å²) in [5.41, 5.74) is 1.57. The van der Waals surface area contributed by atoms with Gasteiger partial charge >= 0.3 is 0 Å². The lowest BCUT2D eigenvalue weighted by atomic mass is 10.2. The first-order valence-electron chi connectivity index (χ1n) is 6.69. The minimum Gasteiger partial charge on any atom is -0.480 e. The van der Waals surface area contributed by atoms with E-state index in [4.69, 9.17) is 4.74 Å². The lowest BCUT2D eigenvalue weighted by Crippen LogP contribution is -2.13. The van der Waals surface area contributed by atoms with E-state index in [9.17, 15) is 9.18 Å². The number of thiazole rings is 1. The smallest absolute Gasteiger partial charge is 0.262 e. The van der Waals surface area contributed by atoms with E-state index in [0.29, 0.717) is 22.0 Å². The van der Waals surface area contributed by atoms with Gasteiger partial charge in [-0.15, -0.1) is 11.3 Å². The van der Waals surface area contributed by atoms with Crippen LogP contribution in [0, 0.1) is 5.82 Å². The molecule has 0 aliphatic heterocycles. The Balaban J connectivity index is 1.80. The number of nitrogens with zero attached hydrogens (tertiary/aromatic N) is 2. The standard InChI is InChI=1S/C16H12FN3O2S/c1-22-15-12(6-3-7-18-15)14(21)20-16-19-13(9-23-16)10-4-2-5-11(17)8-10/h2-9H,1H3,(H,19,20,21). The van der Waals surface area contributed by atoms with E-state index >= 15 is 0 Å². The van der Waals surface area contributed by atoms with Crippen molar-refractivity contribution in [3.05, 3.63) is 59.4 Å². The molecule has 1 aromatic carbocycles. The normalized spacial score (nSPS) is 10.3. The van der Waals surface area contributed by atoms with E-state index in [1.54, 1.807) is 35.8 Å². The minimum atomic E-state index is -0.366. The lowest BCUT2D eigenvalue weighted by Gasteiger charge is -2.05. The number of amides is 1. The first-order chi connectivity index (χ1) is 11.2. The van der Waals surface area contributed by atoms with Crippen LogP contribution in [-0.2, 0) is 0 Å². The molecule has 3 rings (SSSR count). The van der Waals surface area contributed by atoms with Crippen molar-refractivity contribution in [3.63, 3.8) is 0 Å². The van der Waals surface area contributed by atoms with Crippen molar-refractivity contribution in [1.82, 2.24) is 9.97 Å². The van der Waals surface area contributed by atoms with Crippen molar-refractivity contribution in [2.75, 3.05) is 12.4 Å². The number of hydrogen-bond donors (Lipinski definition) is 1. The molecule has 0 atom stereocenters. The Labute approximate surface area is 135 Å². The number of ether oxygens (including phenoxy) is 1. The van der Waals surface area contributed by atoms with Crippen molar-refractivity contribution in [2.45, 2.75) is 0 Å². The van der Waals surface area contributed by atoms with Crippen molar-refractivity contribution in [3.8, 4) is 17.1 Å². The number of benzene rings is 1. The third-order valence-electron chi connectivity index (χ3n) is 3.05. The summed E-state index contributed by atoms with van der Waals surface area (Å²) in [4.78, 5) is 20.6. The third-order valence-corrected chi connectivity index (χ3v) is 3.81. The monoisotopic (exact) mass is 329 g/mol. The predicted octanol–water partition coefficient (Wildman–Crippen LogP) is 3.61. The summed E-state index contributed by atoms with van der Waals surface area (Å²) < 4.78 is 18.3. The van der Waals surface area contributed by atoms with Gasteiger partial charge in [0.2, 0.25) is 5.88 Å². The van der Waals surface area contributed by atoms with E-state index in [0.717, 1.165) is 0 Å². The molecule has 0 fully saturated rings. The van der Waals surface area contributed by atoms with Crippen molar-refractivity contribution in [1.29, 1.82) is 0 Å². The molecule has 0 saturated heterocycles. The number of halogens is 1. The van der Waals surface area contributed by atoms with Gasteiger partial charge in [-0.25, -0.2) is 14.4 Å². The molecule has 1 N–H and O–H groups in total. The van der Waals surface area contributed by atoms with Gasteiger partial charge in [-0.1, -0.05) is 12.1 Å². The van der Waals surface area contributed by atoms with Gasteiger partial charge in [-0.3, -0.25) is 10.1 Å². The highest BCUT2D eigenvalue weighted by molar-refractivity contribution is 7.14. The number of carbonyl (C=O) groups is 1. The maximum atomic E-state index is 13.3. The number of anilines is 1. The molecule has 0 aliphatic carbocycles. The molecule has 0 bridgehead atoms. The van der Waals surface area contributed by atoms with Crippen LogP contribution in [0.1, 0.15) is 10.4 Å². The van der Waals surface area contributed by atoms with Crippen molar-refractivity contribution in [2.24, 2.45) is 0 Å². The first kappa shape index (κ1) is 15.1. The van der Waals surface area contributed by atoms with E-state index in [1.165, 1.54) is 30.6 Å². The fourth-order valence-corrected chi connectivity index (χ4v) is 2.72. The minimum absolute atomic E-state index is 0.243. The highest BCUT2D eigenvalue weighted by atomic mass is 32.1. The van der Waals surface area contributed by atoms with Crippen LogP contribution in [0.5, 0.6) is 5.88 Å². The summed E-state index contributed by atoms with van der Waals surface area (Å²) in [5, 5.41) is 4.86. The van der Waals surface area contributed by atoms with Crippen LogP contribution >= 0.6 is 11.3 Å². The van der Waals surface area contributed by atoms with Crippen LogP contribution in [0.3, 0.4) is 0 Å². The first-order valence-corrected chi connectivity index (χ1v) is 7.57. The fourth-order valence-electron chi connectivity index (χ4n) is 2.00.